The molecule has 1 aliphatic carbocycles. The molecule has 0 bridgehead atoms. The van der Waals surface area contributed by atoms with Crippen molar-refractivity contribution in [3.63, 3.8) is 0 Å². The molecular weight excluding hydrogens is 330 g/mol. The normalized spacial score (nSPS) is 28.9. The van der Waals surface area contributed by atoms with E-state index >= 15 is 0 Å². The molecule has 1 saturated carbocycles. The van der Waals surface area contributed by atoms with Crippen LogP contribution < -0.4 is 5.73 Å². The molecule has 1 aromatic heterocycles. The van der Waals surface area contributed by atoms with Crippen LogP contribution >= 0.6 is 28.3 Å². The lowest BCUT2D eigenvalue weighted by Gasteiger charge is -2.18. The van der Waals surface area contributed by atoms with Crippen molar-refractivity contribution in [1.82, 2.24) is 9.88 Å². The molecule has 4 nitrogen and oxygen atoms in total. The zero-order chi connectivity index (χ0) is 12.7. The predicted molar refractivity (Wildman–Crippen MR) is 79.3 cm³/mol. The Balaban J connectivity index is 0.00000133. The van der Waals surface area contributed by atoms with Gasteiger partial charge in [0.2, 0.25) is 0 Å². The van der Waals surface area contributed by atoms with E-state index in [1.54, 1.807) is 6.20 Å². The van der Waals surface area contributed by atoms with Crippen molar-refractivity contribution in [2.75, 3.05) is 13.1 Å². The Kier molecular flexibility index (Phi) is 4.48. The number of carbonyl (C=O) groups excluding carboxylic acids is 1. The smallest absolute Gasteiger partial charge is 0.273 e. The minimum absolute atomic E-state index is 0. The maximum atomic E-state index is 12.4. The first-order valence-corrected chi connectivity index (χ1v) is 7.11. The Morgan fingerprint density at radius 2 is 2.21 bits per heavy atom. The van der Waals surface area contributed by atoms with Crippen molar-refractivity contribution < 1.29 is 4.79 Å². The second-order valence-electron chi connectivity index (χ2n) is 5.21. The van der Waals surface area contributed by atoms with E-state index in [2.05, 4.69) is 20.9 Å². The first-order chi connectivity index (χ1) is 8.66. The summed E-state index contributed by atoms with van der Waals surface area (Å²) in [4.78, 5) is 18.5. The summed E-state index contributed by atoms with van der Waals surface area (Å²) in [6, 6.07) is 3.93. The molecule has 1 aromatic rings. The van der Waals surface area contributed by atoms with Gasteiger partial charge in [-0.05, 0) is 52.7 Å². The number of likely N-dealkylation sites (tertiary alicyclic amines) is 1. The number of aromatic nitrogens is 1. The number of nitrogens with zero attached hydrogens (tertiary/aromatic N) is 2. The molecule has 0 aromatic carbocycles. The van der Waals surface area contributed by atoms with E-state index < -0.39 is 0 Å². The summed E-state index contributed by atoms with van der Waals surface area (Å²) in [5, 5.41) is 0. The third-order valence-electron chi connectivity index (χ3n) is 4.16. The predicted octanol–water partition coefficient (Wildman–Crippen LogP) is 2.08. The standard InChI is InChI=1S/C13H16BrN3O.ClH/c14-10-2-1-5-16-12(10)13(18)17-6-8-3-4-11(15)9(8)7-17;/h1-2,5,8-9,11H,3-4,6-7,15H2;1H. The summed E-state index contributed by atoms with van der Waals surface area (Å²) < 4.78 is 0.761. The molecule has 2 heterocycles. The highest BCUT2D eigenvalue weighted by atomic mass is 79.9. The number of halogens is 2. The highest BCUT2D eigenvalue weighted by Gasteiger charge is 2.42. The van der Waals surface area contributed by atoms with Crippen LogP contribution in [0.3, 0.4) is 0 Å². The van der Waals surface area contributed by atoms with Gasteiger partial charge in [-0.2, -0.15) is 0 Å². The van der Waals surface area contributed by atoms with Crippen LogP contribution in [0.1, 0.15) is 23.3 Å². The topological polar surface area (TPSA) is 59.2 Å². The van der Waals surface area contributed by atoms with Crippen LogP contribution in [0.5, 0.6) is 0 Å². The van der Waals surface area contributed by atoms with E-state index in [4.69, 9.17) is 5.73 Å². The lowest BCUT2D eigenvalue weighted by Crippen LogP contribution is -2.34. The third kappa shape index (κ3) is 2.64. The van der Waals surface area contributed by atoms with Gasteiger partial charge in [-0.25, -0.2) is 4.98 Å². The molecule has 3 unspecified atom stereocenters. The lowest BCUT2D eigenvalue weighted by atomic mass is 9.98. The molecule has 3 atom stereocenters. The second-order valence-corrected chi connectivity index (χ2v) is 6.06. The first-order valence-electron chi connectivity index (χ1n) is 6.32. The molecule has 6 heteroatoms. The van der Waals surface area contributed by atoms with Gasteiger partial charge in [0.05, 0.1) is 0 Å². The third-order valence-corrected chi connectivity index (χ3v) is 4.80. The van der Waals surface area contributed by atoms with Crippen LogP contribution in [-0.2, 0) is 0 Å². The Bertz CT molecular complexity index is 485. The van der Waals surface area contributed by atoms with Crippen molar-refractivity contribution in [3.8, 4) is 0 Å². The number of carbonyl (C=O) groups is 1. The monoisotopic (exact) mass is 345 g/mol. The molecule has 2 fully saturated rings. The van der Waals surface area contributed by atoms with Crippen LogP contribution in [0.2, 0.25) is 0 Å². The molecule has 2 N–H and O–H groups in total. The van der Waals surface area contributed by atoms with E-state index in [1.807, 2.05) is 17.0 Å². The summed E-state index contributed by atoms with van der Waals surface area (Å²) in [6.45, 7) is 1.62. The Hall–Kier alpha value is -0.650. The summed E-state index contributed by atoms with van der Waals surface area (Å²) in [5.41, 5.74) is 6.59. The molecule has 0 spiro atoms. The van der Waals surface area contributed by atoms with Crippen molar-refractivity contribution in [2.24, 2.45) is 17.6 Å². The average molecular weight is 347 g/mol. The van der Waals surface area contributed by atoms with E-state index in [0.717, 1.165) is 30.4 Å². The van der Waals surface area contributed by atoms with Crippen LogP contribution in [-0.4, -0.2) is 34.9 Å². The molecule has 1 amide bonds. The minimum Gasteiger partial charge on any atom is -0.337 e. The van der Waals surface area contributed by atoms with Crippen molar-refractivity contribution in [2.45, 2.75) is 18.9 Å². The van der Waals surface area contributed by atoms with Crippen LogP contribution in [0, 0.1) is 11.8 Å². The van der Waals surface area contributed by atoms with Gasteiger partial charge in [0.1, 0.15) is 5.69 Å². The number of hydrogen-bond donors (Lipinski definition) is 1. The molecular formula is C13H17BrClN3O. The molecule has 104 valence electrons. The largest absolute Gasteiger partial charge is 0.337 e. The Morgan fingerprint density at radius 1 is 1.42 bits per heavy atom. The fraction of sp³-hybridized carbons (Fsp3) is 0.538. The summed E-state index contributed by atoms with van der Waals surface area (Å²) in [5.74, 6) is 1.09. The fourth-order valence-electron chi connectivity index (χ4n) is 3.17. The Morgan fingerprint density at radius 3 is 2.89 bits per heavy atom. The maximum absolute atomic E-state index is 12.4. The van der Waals surface area contributed by atoms with Gasteiger partial charge in [0.15, 0.2) is 0 Å². The quantitative estimate of drug-likeness (QED) is 0.847. The van der Waals surface area contributed by atoms with E-state index in [1.165, 1.54) is 0 Å². The molecule has 1 aliphatic heterocycles. The maximum Gasteiger partial charge on any atom is 0.273 e. The van der Waals surface area contributed by atoms with Crippen LogP contribution in [0.25, 0.3) is 0 Å². The molecule has 2 aliphatic rings. The summed E-state index contributed by atoms with van der Waals surface area (Å²) >= 11 is 3.38. The van der Waals surface area contributed by atoms with Gasteiger partial charge >= 0.3 is 0 Å². The van der Waals surface area contributed by atoms with Gasteiger partial charge in [0.25, 0.3) is 5.91 Å². The molecule has 19 heavy (non-hydrogen) atoms. The second kappa shape index (κ2) is 5.77. The summed E-state index contributed by atoms with van der Waals surface area (Å²) in [7, 11) is 0. The molecule has 0 radical (unpaired) electrons. The number of fused-ring (bicyclic) bond motifs is 1. The van der Waals surface area contributed by atoms with Crippen molar-refractivity contribution in [1.29, 1.82) is 0 Å². The van der Waals surface area contributed by atoms with Gasteiger partial charge in [-0.3, -0.25) is 4.79 Å². The molecule has 1 saturated heterocycles. The number of amides is 1. The van der Waals surface area contributed by atoms with Crippen molar-refractivity contribution in [3.05, 3.63) is 28.5 Å². The molecule has 3 rings (SSSR count). The fourth-order valence-corrected chi connectivity index (χ4v) is 3.59. The first kappa shape index (κ1) is 14.8. The van der Waals surface area contributed by atoms with Gasteiger partial charge < -0.3 is 10.6 Å². The van der Waals surface area contributed by atoms with Gasteiger partial charge in [0, 0.05) is 29.8 Å². The SMILES string of the molecule is Cl.NC1CCC2CN(C(=O)c3ncccc3Br)CC12. The lowest BCUT2D eigenvalue weighted by molar-refractivity contribution is 0.0773. The van der Waals surface area contributed by atoms with E-state index in [9.17, 15) is 4.79 Å². The van der Waals surface area contributed by atoms with Crippen molar-refractivity contribution >= 4 is 34.2 Å². The average Bonchev–Trinajstić information content (AvgIpc) is 2.92. The zero-order valence-electron chi connectivity index (χ0n) is 10.5. The minimum atomic E-state index is 0. The zero-order valence-corrected chi connectivity index (χ0v) is 12.9. The van der Waals surface area contributed by atoms with E-state index in [0.29, 0.717) is 17.5 Å². The number of rotatable bonds is 1. The van der Waals surface area contributed by atoms with E-state index in [-0.39, 0.29) is 24.4 Å². The Labute approximate surface area is 127 Å². The van der Waals surface area contributed by atoms with Crippen LogP contribution in [0.15, 0.2) is 22.8 Å². The van der Waals surface area contributed by atoms with Gasteiger partial charge in [-0.15, -0.1) is 12.4 Å². The highest BCUT2D eigenvalue weighted by Crippen LogP contribution is 2.37. The van der Waals surface area contributed by atoms with Gasteiger partial charge in [-0.1, -0.05) is 0 Å². The van der Waals surface area contributed by atoms with Crippen LogP contribution in [0.4, 0.5) is 0 Å². The number of pyridine rings is 1. The number of hydrogen-bond acceptors (Lipinski definition) is 3. The number of nitrogens with two attached hydrogens (primary N) is 1. The summed E-state index contributed by atoms with van der Waals surface area (Å²) in [6.07, 6.45) is 3.91. The highest BCUT2D eigenvalue weighted by molar-refractivity contribution is 9.10.